The van der Waals surface area contributed by atoms with Gasteiger partial charge in [-0.05, 0) is 129 Å². The van der Waals surface area contributed by atoms with E-state index in [1.165, 1.54) is 12.4 Å². The number of ether oxygens (including phenoxy) is 1. The minimum absolute atomic E-state index is 0.000581. The van der Waals surface area contributed by atoms with Crippen LogP contribution in [0.3, 0.4) is 0 Å². The molecule has 1 amide bonds. The molecule has 0 spiro atoms. The Morgan fingerprint density at radius 3 is 2.16 bits per heavy atom. The number of esters is 1. The number of nitrogens with one attached hydrogen (secondary N) is 1. The summed E-state index contributed by atoms with van der Waals surface area (Å²) in [6.45, 7) is 19.0. The smallest absolute Gasteiger partial charge is 0.309 e. The summed E-state index contributed by atoms with van der Waals surface area (Å²) in [5.41, 5.74) is -2.06. The molecular formula is C44H60ClN3O7. The first kappa shape index (κ1) is 40.1. The summed E-state index contributed by atoms with van der Waals surface area (Å²) >= 11 is 6.04. The largest absolute Gasteiger partial charge is 0.481 e. The fourth-order valence-corrected chi connectivity index (χ4v) is 13.4. The van der Waals surface area contributed by atoms with E-state index in [9.17, 15) is 29.1 Å². The van der Waals surface area contributed by atoms with E-state index in [2.05, 4.69) is 49.9 Å². The number of aliphatic carboxylic acids is 1. The molecule has 300 valence electrons. The third-order valence-electron chi connectivity index (χ3n) is 16.6. The summed E-state index contributed by atoms with van der Waals surface area (Å²) in [7, 11) is 0. The van der Waals surface area contributed by atoms with E-state index in [0.29, 0.717) is 41.9 Å². The minimum atomic E-state index is -1.20. The van der Waals surface area contributed by atoms with Crippen LogP contribution in [0.4, 0.5) is 0 Å². The first-order chi connectivity index (χ1) is 25.5. The highest BCUT2D eigenvalue weighted by Gasteiger charge is 2.71. The van der Waals surface area contributed by atoms with Crippen LogP contribution in [0.25, 0.3) is 0 Å². The number of hydrogen-bond acceptors (Lipinski definition) is 8. The summed E-state index contributed by atoms with van der Waals surface area (Å²) in [5, 5.41) is 13.0. The molecule has 6 aliphatic rings. The van der Waals surface area contributed by atoms with Gasteiger partial charge in [0.1, 0.15) is 11.6 Å². The van der Waals surface area contributed by atoms with Crippen molar-refractivity contribution in [2.75, 3.05) is 0 Å². The van der Waals surface area contributed by atoms with Crippen molar-refractivity contribution in [1.82, 2.24) is 15.3 Å². The van der Waals surface area contributed by atoms with Gasteiger partial charge in [-0.3, -0.25) is 24.0 Å². The summed E-state index contributed by atoms with van der Waals surface area (Å²) in [6, 6.07) is 0. The number of carbonyl (C=O) groups excluding carboxylic acids is 4. The molecule has 55 heavy (non-hydrogen) atoms. The van der Waals surface area contributed by atoms with Crippen LogP contribution in [0, 0.1) is 56.2 Å². The van der Waals surface area contributed by atoms with Crippen LogP contribution >= 0.6 is 11.6 Å². The molecule has 0 saturated heterocycles. The van der Waals surface area contributed by atoms with Crippen molar-refractivity contribution < 1.29 is 33.8 Å². The number of amides is 1. The molecular weight excluding hydrogens is 718 g/mol. The topological polar surface area (TPSA) is 153 Å². The van der Waals surface area contributed by atoms with Crippen molar-refractivity contribution >= 4 is 41.0 Å². The van der Waals surface area contributed by atoms with Gasteiger partial charge in [-0.15, -0.1) is 0 Å². The van der Waals surface area contributed by atoms with Gasteiger partial charge < -0.3 is 15.2 Å². The van der Waals surface area contributed by atoms with Crippen molar-refractivity contribution in [3.63, 3.8) is 0 Å². The number of carbonyl (C=O) groups is 5. The number of allylic oxidation sites excluding steroid dienone is 2. The number of fused-ring (bicyclic) bond motifs is 7. The van der Waals surface area contributed by atoms with Gasteiger partial charge in [0.15, 0.2) is 11.6 Å². The summed E-state index contributed by atoms with van der Waals surface area (Å²) in [5.74, 6) is -1.58. The third-order valence-corrected chi connectivity index (χ3v) is 16.8. The Bertz CT molecular complexity index is 1870. The molecule has 8 unspecified atom stereocenters. The Labute approximate surface area is 330 Å². The zero-order valence-corrected chi connectivity index (χ0v) is 35.0. The van der Waals surface area contributed by atoms with Crippen LogP contribution in [-0.2, 0) is 34.2 Å². The molecule has 0 radical (unpaired) electrons. The molecule has 7 rings (SSSR count). The number of aromatic nitrogens is 2. The molecule has 0 aromatic carbocycles. The molecule has 5 saturated carbocycles. The van der Waals surface area contributed by atoms with E-state index in [1.54, 1.807) is 13.8 Å². The van der Waals surface area contributed by atoms with E-state index in [1.807, 2.05) is 13.8 Å². The van der Waals surface area contributed by atoms with Crippen LogP contribution in [-0.4, -0.2) is 50.6 Å². The quantitative estimate of drug-likeness (QED) is 0.187. The SMILES string of the molecule is CC(C)C1=C2C3CCC4C5(C)CCC(OC(=O)CC(C)(C)C(=O)O)C(C)(C)C5CCC4(C)C3(C)CCC2(C(=O)C(=O)NC2(c3ncc(Cl)cn3)CC2)CC1=O. The number of ketones is 2. The lowest BCUT2D eigenvalue weighted by Crippen LogP contribution is -2.66. The molecule has 0 aliphatic heterocycles. The van der Waals surface area contributed by atoms with Crippen LogP contribution in [0.5, 0.6) is 0 Å². The Kier molecular flexibility index (Phi) is 9.43. The van der Waals surface area contributed by atoms with Gasteiger partial charge in [0.25, 0.3) is 5.91 Å². The number of nitrogens with zero attached hydrogens (tertiary/aromatic N) is 2. The van der Waals surface area contributed by atoms with Gasteiger partial charge >= 0.3 is 11.9 Å². The Morgan fingerprint density at radius 2 is 1.56 bits per heavy atom. The lowest BCUT2D eigenvalue weighted by molar-refractivity contribution is -0.233. The maximum Gasteiger partial charge on any atom is 0.309 e. The zero-order valence-electron chi connectivity index (χ0n) is 34.2. The number of hydrogen-bond donors (Lipinski definition) is 2. The van der Waals surface area contributed by atoms with Gasteiger partial charge in [0.2, 0.25) is 5.78 Å². The maximum absolute atomic E-state index is 14.7. The standard InChI is InChI=1S/C44H60ClN3O7/c1-24(2)32-27(49)20-43(34(51)35(52)48-44(18-19-44)36-46-22-25(45)23-47-36)17-16-41(8)26(33(32)43)10-11-29-40(7)14-13-30(55-31(50)21-38(3,4)37(53)54)39(5,6)28(40)12-15-42(29,41)9/h22-24,26,28-30H,10-21H2,1-9H3,(H,48,52)(H,53,54). The molecule has 10 nitrogen and oxygen atoms in total. The second-order valence-electron chi connectivity index (χ2n) is 20.6. The highest BCUT2D eigenvalue weighted by atomic mass is 35.5. The summed E-state index contributed by atoms with van der Waals surface area (Å²) in [4.78, 5) is 76.5. The third kappa shape index (κ3) is 5.87. The lowest BCUT2D eigenvalue weighted by atomic mass is 9.33. The predicted molar refractivity (Wildman–Crippen MR) is 206 cm³/mol. The minimum Gasteiger partial charge on any atom is -0.481 e. The Hall–Kier alpha value is -3.14. The second-order valence-corrected chi connectivity index (χ2v) is 21.0. The average molecular weight is 778 g/mol. The van der Waals surface area contributed by atoms with Gasteiger partial charge in [-0.25, -0.2) is 9.97 Å². The van der Waals surface area contributed by atoms with Gasteiger partial charge in [-0.2, -0.15) is 0 Å². The summed E-state index contributed by atoms with van der Waals surface area (Å²) in [6.07, 6.45) is 10.4. The highest BCUT2D eigenvalue weighted by molar-refractivity contribution is 6.40. The monoisotopic (exact) mass is 777 g/mol. The van der Waals surface area contributed by atoms with Crippen LogP contribution in [0.15, 0.2) is 23.5 Å². The predicted octanol–water partition coefficient (Wildman–Crippen LogP) is 8.20. The highest BCUT2D eigenvalue weighted by Crippen LogP contribution is 2.77. The fourth-order valence-electron chi connectivity index (χ4n) is 13.3. The molecule has 6 aliphatic carbocycles. The van der Waals surface area contributed by atoms with Crippen molar-refractivity contribution in [3.8, 4) is 0 Å². The lowest BCUT2D eigenvalue weighted by Gasteiger charge is -2.72. The van der Waals surface area contributed by atoms with Crippen molar-refractivity contribution in [3.05, 3.63) is 34.4 Å². The summed E-state index contributed by atoms with van der Waals surface area (Å²) < 4.78 is 6.14. The van der Waals surface area contributed by atoms with E-state index in [4.69, 9.17) is 16.3 Å². The van der Waals surface area contributed by atoms with Gasteiger partial charge in [0.05, 0.1) is 22.3 Å². The number of carboxylic acids is 1. The van der Waals surface area contributed by atoms with E-state index in [-0.39, 0.29) is 58.2 Å². The van der Waals surface area contributed by atoms with Crippen LogP contribution < -0.4 is 5.32 Å². The van der Waals surface area contributed by atoms with Gasteiger partial charge in [-0.1, -0.05) is 60.1 Å². The average Bonchev–Trinajstić information content (AvgIpc) is 3.80. The molecule has 5 fully saturated rings. The number of Topliss-reactive ketones (excluding diaryl/α,β-unsaturated/α-hetero) is 2. The van der Waals surface area contributed by atoms with Crippen LogP contribution in [0.2, 0.25) is 5.02 Å². The van der Waals surface area contributed by atoms with Gasteiger partial charge in [0, 0.05) is 24.2 Å². The molecule has 0 bridgehead atoms. The van der Waals surface area contributed by atoms with E-state index >= 15 is 0 Å². The maximum atomic E-state index is 14.7. The molecule has 2 N–H and O–H groups in total. The molecule has 1 heterocycles. The number of halogens is 1. The normalized spacial score (nSPS) is 37.3. The number of rotatable bonds is 9. The Balaban J connectivity index is 1.17. The molecule has 8 atom stereocenters. The fraction of sp³-hybridized carbons (Fsp3) is 0.750. The molecule has 1 aromatic heterocycles. The zero-order chi connectivity index (χ0) is 40.3. The van der Waals surface area contributed by atoms with Crippen molar-refractivity contribution in [1.29, 1.82) is 0 Å². The molecule has 11 heteroatoms. The molecule has 1 aromatic rings. The first-order valence-electron chi connectivity index (χ1n) is 20.5. The Morgan fingerprint density at radius 1 is 0.909 bits per heavy atom. The van der Waals surface area contributed by atoms with E-state index < -0.39 is 40.0 Å². The number of carboxylic acid groups (broad SMARTS) is 1. The van der Waals surface area contributed by atoms with Crippen molar-refractivity contribution in [2.45, 2.75) is 151 Å². The van der Waals surface area contributed by atoms with Crippen LogP contribution in [0.1, 0.15) is 145 Å². The van der Waals surface area contributed by atoms with Crippen molar-refractivity contribution in [2.24, 2.45) is 56.2 Å². The second kappa shape index (κ2) is 12.9. The first-order valence-corrected chi connectivity index (χ1v) is 20.9. The van der Waals surface area contributed by atoms with E-state index in [0.717, 1.165) is 56.1 Å².